The Morgan fingerprint density at radius 2 is 1.95 bits per heavy atom. The van der Waals surface area contributed by atoms with Gasteiger partial charge in [0.25, 0.3) is 0 Å². The number of halogens is 1. The van der Waals surface area contributed by atoms with E-state index >= 15 is 0 Å². The Hall–Kier alpha value is -1.55. The molecule has 1 unspecified atom stereocenters. The van der Waals surface area contributed by atoms with E-state index in [0.29, 0.717) is 17.9 Å². The van der Waals surface area contributed by atoms with E-state index in [1.54, 1.807) is 6.07 Å². The molecule has 0 aliphatic heterocycles. The zero-order valence-corrected chi connectivity index (χ0v) is 12.5. The molecular weight excluding hydrogens is 278 g/mol. The molecule has 1 aromatic carbocycles. The third-order valence-electron chi connectivity index (χ3n) is 3.12. The molecule has 0 spiro atoms. The maximum Gasteiger partial charge on any atom is 0.305 e. The smallest absolute Gasteiger partial charge is 0.305 e. The quantitative estimate of drug-likeness (QED) is 0.813. The molecule has 4 nitrogen and oxygen atoms in total. The molecule has 2 N–H and O–H groups in total. The van der Waals surface area contributed by atoms with Crippen LogP contribution in [0.25, 0.3) is 0 Å². The molecule has 5 heteroatoms. The first-order chi connectivity index (χ1) is 9.40. The van der Waals surface area contributed by atoms with Crippen LogP contribution in [0.2, 0.25) is 5.02 Å². The molecule has 0 saturated heterocycles. The first-order valence-corrected chi connectivity index (χ1v) is 7.02. The number of aliphatic carboxylic acids is 1. The highest BCUT2D eigenvalue weighted by atomic mass is 35.5. The maximum atomic E-state index is 11.9. The Balaban J connectivity index is 2.50. The molecule has 0 aliphatic rings. The lowest BCUT2D eigenvalue weighted by Crippen LogP contribution is -2.40. The van der Waals surface area contributed by atoms with Gasteiger partial charge in [-0.1, -0.05) is 43.6 Å². The Morgan fingerprint density at radius 1 is 1.30 bits per heavy atom. The number of carbonyl (C=O) groups is 2. The van der Waals surface area contributed by atoms with Crippen molar-refractivity contribution in [2.75, 3.05) is 0 Å². The minimum atomic E-state index is -0.907. The van der Waals surface area contributed by atoms with Crippen LogP contribution in [0.1, 0.15) is 32.3 Å². The SMILES string of the molecule is CC(C)C(CC(=O)O)NC(=O)CCc1ccccc1Cl. The summed E-state index contributed by atoms with van der Waals surface area (Å²) in [4.78, 5) is 22.6. The minimum absolute atomic E-state index is 0.0600. The second-order valence-electron chi connectivity index (χ2n) is 5.11. The summed E-state index contributed by atoms with van der Waals surface area (Å²) in [7, 11) is 0. The monoisotopic (exact) mass is 297 g/mol. The van der Waals surface area contributed by atoms with E-state index in [9.17, 15) is 9.59 Å². The average molecular weight is 298 g/mol. The number of carboxylic acids is 1. The molecule has 1 amide bonds. The fourth-order valence-electron chi connectivity index (χ4n) is 1.87. The molecular formula is C15H20ClNO3. The van der Waals surface area contributed by atoms with Gasteiger partial charge in [0.2, 0.25) is 5.91 Å². The van der Waals surface area contributed by atoms with Crippen molar-refractivity contribution >= 4 is 23.5 Å². The van der Waals surface area contributed by atoms with Crippen LogP contribution in [-0.2, 0) is 16.0 Å². The summed E-state index contributed by atoms with van der Waals surface area (Å²) in [5, 5.41) is 12.2. The Labute approximate surface area is 124 Å². The third kappa shape index (κ3) is 5.61. The molecule has 1 atom stereocenters. The minimum Gasteiger partial charge on any atom is -0.481 e. The number of carbonyl (C=O) groups excluding carboxylic acids is 1. The van der Waals surface area contributed by atoms with Crippen LogP contribution in [0, 0.1) is 5.92 Å². The lowest BCUT2D eigenvalue weighted by atomic mass is 10.0. The van der Waals surface area contributed by atoms with Gasteiger partial charge in [-0.05, 0) is 24.0 Å². The summed E-state index contributed by atoms with van der Waals surface area (Å²) in [5.74, 6) is -0.977. The summed E-state index contributed by atoms with van der Waals surface area (Å²) in [6.45, 7) is 3.78. The molecule has 110 valence electrons. The van der Waals surface area contributed by atoms with Crippen molar-refractivity contribution in [3.05, 3.63) is 34.9 Å². The second kappa shape index (κ2) is 7.90. The first-order valence-electron chi connectivity index (χ1n) is 6.64. The van der Waals surface area contributed by atoms with Crippen LogP contribution in [-0.4, -0.2) is 23.0 Å². The lowest BCUT2D eigenvalue weighted by Gasteiger charge is -2.20. The highest BCUT2D eigenvalue weighted by Crippen LogP contribution is 2.16. The number of hydrogen-bond acceptors (Lipinski definition) is 2. The normalized spacial score (nSPS) is 12.2. The Bertz CT molecular complexity index is 474. The summed E-state index contributed by atoms with van der Waals surface area (Å²) < 4.78 is 0. The van der Waals surface area contributed by atoms with Gasteiger partial charge in [0.1, 0.15) is 0 Å². The van der Waals surface area contributed by atoms with E-state index in [2.05, 4.69) is 5.32 Å². The van der Waals surface area contributed by atoms with Crippen molar-refractivity contribution < 1.29 is 14.7 Å². The fraction of sp³-hybridized carbons (Fsp3) is 0.467. The van der Waals surface area contributed by atoms with E-state index in [4.69, 9.17) is 16.7 Å². The number of benzene rings is 1. The van der Waals surface area contributed by atoms with Gasteiger partial charge in [0.15, 0.2) is 0 Å². The standard InChI is InChI=1S/C15H20ClNO3/c1-10(2)13(9-15(19)20)17-14(18)8-7-11-5-3-4-6-12(11)16/h3-6,10,13H,7-9H2,1-2H3,(H,17,18)(H,19,20). The molecule has 1 aromatic rings. The van der Waals surface area contributed by atoms with E-state index in [1.165, 1.54) is 0 Å². The predicted molar refractivity (Wildman–Crippen MR) is 78.8 cm³/mol. The summed E-state index contributed by atoms with van der Waals surface area (Å²) in [6.07, 6.45) is 0.783. The van der Waals surface area contributed by atoms with E-state index in [1.807, 2.05) is 32.0 Å². The van der Waals surface area contributed by atoms with Crippen LogP contribution in [0.4, 0.5) is 0 Å². The molecule has 0 aromatic heterocycles. The maximum absolute atomic E-state index is 11.9. The van der Waals surface area contributed by atoms with Gasteiger partial charge in [0, 0.05) is 17.5 Å². The second-order valence-corrected chi connectivity index (χ2v) is 5.51. The predicted octanol–water partition coefficient (Wildman–Crippen LogP) is 2.89. The van der Waals surface area contributed by atoms with Crippen molar-refractivity contribution in [1.29, 1.82) is 0 Å². The summed E-state index contributed by atoms with van der Waals surface area (Å²) >= 11 is 6.02. The summed E-state index contributed by atoms with van der Waals surface area (Å²) in [6, 6.07) is 7.04. The van der Waals surface area contributed by atoms with Gasteiger partial charge in [-0.15, -0.1) is 0 Å². The number of rotatable bonds is 7. The van der Waals surface area contributed by atoms with Crippen LogP contribution in [0.3, 0.4) is 0 Å². The number of hydrogen-bond donors (Lipinski definition) is 2. The van der Waals surface area contributed by atoms with Gasteiger partial charge in [-0.2, -0.15) is 0 Å². The van der Waals surface area contributed by atoms with E-state index in [0.717, 1.165) is 5.56 Å². The molecule has 0 radical (unpaired) electrons. The lowest BCUT2D eigenvalue weighted by molar-refractivity contribution is -0.138. The van der Waals surface area contributed by atoms with Crippen molar-refractivity contribution in [2.24, 2.45) is 5.92 Å². The number of amides is 1. The Kier molecular flexibility index (Phi) is 6.52. The molecule has 0 heterocycles. The Morgan fingerprint density at radius 3 is 2.50 bits per heavy atom. The van der Waals surface area contributed by atoms with Crippen molar-refractivity contribution in [1.82, 2.24) is 5.32 Å². The van der Waals surface area contributed by atoms with Crippen molar-refractivity contribution in [3.8, 4) is 0 Å². The molecule has 1 rings (SSSR count). The van der Waals surface area contributed by atoms with Gasteiger partial charge in [-0.25, -0.2) is 0 Å². The molecule has 0 bridgehead atoms. The highest BCUT2D eigenvalue weighted by molar-refractivity contribution is 6.31. The largest absolute Gasteiger partial charge is 0.481 e. The molecule has 20 heavy (non-hydrogen) atoms. The highest BCUT2D eigenvalue weighted by Gasteiger charge is 2.19. The molecule has 0 saturated carbocycles. The van der Waals surface area contributed by atoms with Gasteiger partial charge < -0.3 is 10.4 Å². The zero-order chi connectivity index (χ0) is 15.1. The molecule has 0 aliphatic carbocycles. The third-order valence-corrected chi connectivity index (χ3v) is 3.49. The van der Waals surface area contributed by atoms with Gasteiger partial charge >= 0.3 is 5.97 Å². The van der Waals surface area contributed by atoms with Crippen LogP contribution in [0.5, 0.6) is 0 Å². The number of aryl methyl sites for hydroxylation is 1. The average Bonchev–Trinajstić information content (AvgIpc) is 2.36. The first kappa shape index (κ1) is 16.5. The fourth-order valence-corrected chi connectivity index (χ4v) is 2.10. The summed E-state index contributed by atoms with van der Waals surface area (Å²) in [5.41, 5.74) is 0.920. The number of carboxylic acid groups (broad SMARTS) is 1. The zero-order valence-electron chi connectivity index (χ0n) is 11.7. The van der Waals surface area contributed by atoms with Gasteiger partial charge in [0.05, 0.1) is 6.42 Å². The van der Waals surface area contributed by atoms with Crippen molar-refractivity contribution in [2.45, 2.75) is 39.2 Å². The number of nitrogens with one attached hydrogen (secondary N) is 1. The van der Waals surface area contributed by atoms with E-state index in [-0.39, 0.29) is 24.3 Å². The topological polar surface area (TPSA) is 66.4 Å². The van der Waals surface area contributed by atoms with E-state index < -0.39 is 5.97 Å². The van der Waals surface area contributed by atoms with Gasteiger partial charge in [-0.3, -0.25) is 9.59 Å². The van der Waals surface area contributed by atoms with Crippen LogP contribution in [0.15, 0.2) is 24.3 Å². The van der Waals surface area contributed by atoms with Crippen LogP contribution >= 0.6 is 11.6 Å². The van der Waals surface area contributed by atoms with Crippen molar-refractivity contribution in [3.63, 3.8) is 0 Å². The molecule has 0 fully saturated rings. The van der Waals surface area contributed by atoms with Crippen LogP contribution < -0.4 is 5.32 Å².